The van der Waals surface area contributed by atoms with Crippen LogP contribution in [0, 0.1) is 5.92 Å². The fraction of sp³-hybridized carbons (Fsp3) is 0.304. The highest BCUT2D eigenvalue weighted by Gasteiger charge is 2.40. The summed E-state index contributed by atoms with van der Waals surface area (Å²) in [6.45, 7) is -0.303. The third-order valence-corrected chi connectivity index (χ3v) is 6.83. The minimum atomic E-state index is -4.92. The molecule has 1 N–H and O–H groups in total. The minimum absolute atomic E-state index is 0.00240. The van der Waals surface area contributed by atoms with Crippen molar-refractivity contribution in [3.05, 3.63) is 72.6 Å². The van der Waals surface area contributed by atoms with Crippen LogP contribution in [0.1, 0.15) is 40.7 Å². The third kappa shape index (κ3) is 8.87. The standard InChI is InChI=1S/C23H16BrCl3F7NO2/c1-10(21(37)35-9-22(29,30)31)4-19(36)13-3-2-11(5-15(13)24)18(28)8-14(23(32,33)34)12-6-16(25)20(27)17(26)7-12/h2-3,5-8,10,14H,4,9H2,1H3,(H,35,37)/b18-8-/t10-,14?/m0/s1. The maximum absolute atomic E-state index is 14.9. The Hall–Kier alpha value is -1.82. The molecule has 0 bridgehead atoms. The molecule has 3 nitrogen and oxygen atoms in total. The van der Waals surface area contributed by atoms with E-state index >= 15 is 0 Å². The van der Waals surface area contributed by atoms with Crippen LogP contribution in [0.4, 0.5) is 30.7 Å². The fourth-order valence-electron chi connectivity index (χ4n) is 3.11. The Bertz CT molecular complexity index is 1190. The van der Waals surface area contributed by atoms with Crippen molar-refractivity contribution in [2.45, 2.75) is 31.6 Å². The Balaban J connectivity index is 2.27. The molecule has 1 unspecified atom stereocenters. The van der Waals surface area contributed by atoms with Gasteiger partial charge in [-0.15, -0.1) is 0 Å². The number of rotatable bonds is 8. The van der Waals surface area contributed by atoms with Crippen LogP contribution in [0.25, 0.3) is 5.83 Å². The smallest absolute Gasteiger partial charge is 0.347 e. The van der Waals surface area contributed by atoms with E-state index in [9.17, 15) is 40.3 Å². The van der Waals surface area contributed by atoms with Gasteiger partial charge >= 0.3 is 12.4 Å². The molecule has 0 fully saturated rings. The molecule has 2 atom stereocenters. The summed E-state index contributed by atoms with van der Waals surface area (Å²) in [4.78, 5) is 24.3. The van der Waals surface area contributed by atoms with E-state index in [2.05, 4.69) is 15.9 Å². The Morgan fingerprint density at radius 2 is 1.59 bits per heavy atom. The molecule has 0 saturated heterocycles. The fourth-order valence-corrected chi connectivity index (χ4v) is 4.32. The van der Waals surface area contributed by atoms with Crippen molar-refractivity contribution in [2.75, 3.05) is 6.54 Å². The molecule has 0 aliphatic heterocycles. The number of benzene rings is 2. The zero-order chi connectivity index (χ0) is 28.3. The molecule has 1 amide bonds. The molecule has 0 heterocycles. The van der Waals surface area contributed by atoms with Gasteiger partial charge in [0.2, 0.25) is 5.91 Å². The SMILES string of the molecule is C[C@@H](CC(=O)c1ccc(/C(F)=C/C(c2cc(Cl)c(Cl)c(Cl)c2)C(F)(F)F)cc1Br)C(=O)NCC(F)(F)F. The average Bonchev–Trinajstić information content (AvgIpc) is 2.77. The molecule has 0 spiro atoms. The number of allylic oxidation sites excluding steroid dienone is 1. The number of carbonyl (C=O) groups excluding carboxylic acids is 2. The van der Waals surface area contributed by atoms with Gasteiger partial charge < -0.3 is 5.32 Å². The van der Waals surface area contributed by atoms with Gasteiger partial charge in [-0.05, 0) is 35.9 Å². The lowest BCUT2D eigenvalue weighted by atomic mass is 9.95. The number of hydrogen-bond acceptors (Lipinski definition) is 2. The van der Waals surface area contributed by atoms with E-state index in [1.807, 2.05) is 0 Å². The third-order valence-electron chi connectivity index (χ3n) is 4.98. The quantitative estimate of drug-likeness (QED) is 0.175. The van der Waals surface area contributed by atoms with Crippen molar-refractivity contribution in [3.63, 3.8) is 0 Å². The normalized spacial score (nSPS) is 14.3. The second-order valence-electron chi connectivity index (χ2n) is 7.89. The van der Waals surface area contributed by atoms with E-state index in [-0.39, 0.29) is 30.7 Å². The summed E-state index contributed by atoms with van der Waals surface area (Å²) < 4.78 is 92.8. The molecule has 0 aliphatic carbocycles. The first-order valence-corrected chi connectivity index (χ1v) is 12.1. The van der Waals surface area contributed by atoms with Gasteiger partial charge in [0.05, 0.1) is 15.1 Å². The summed E-state index contributed by atoms with van der Waals surface area (Å²) in [5.74, 6) is -6.47. The van der Waals surface area contributed by atoms with E-state index in [1.165, 1.54) is 6.92 Å². The highest BCUT2D eigenvalue weighted by atomic mass is 79.9. The molecular weight excluding hydrogens is 642 g/mol. The lowest BCUT2D eigenvalue weighted by Crippen LogP contribution is -2.37. The van der Waals surface area contributed by atoms with Gasteiger partial charge in [-0.25, -0.2) is 4.39 Å². The highest BCUT2D eigenvalue weighted by molar-refractivity contribution is 9.10. The van der Waals surface area contributed by atoms with Crippen molar-refractivity contribution in [1.29, 1.82) is 0 Å². The van der Waals surface area contributed by atoms with Crippen LogP contribution >= 0.6 is 50.7 Å². The van der Waals surface area contributed by atoms with Crippen LogP contribution in [0.2, 0.25) is 15.1 Å². The van der Waals surface area contributed by atoms with E-state index < -0.39 is 60.2 Å². The second kappa shape index (κ2) is 12.4. The molecule has 37 heavy (non-hydrogen) atoms. The molecular formula is C23H16BrCl3F7NO2. The predicted octanol–water partition coefficient (Wildman–Crippen LogP) is 8.95. The first-order chi connectivity index (χ1) is 16.9. The lowest BCUT2D eigenvalue weighted by molar-refractivity contribution is -0.140. The molecule has 2 aromatic rings. The lowest BCUT2D eigenvalue weighted by Gasteiger charge is -2.19. The number of amides is 1. The molecule has 14 heteroatoms. The van der Waals surface area contributed by atoms with Crippen LogP contribution in [0.3, 0.4) is 0 Å². The first-order valence-electron chi connectivity index (χ1n) is 10.2. The van der Waals surface area contributed by atoms with Crippen molar-refractivity contribution in [1.82, 2.24) is 5.32 Å². The Morgan fingerprint density at radius 3 is 2.08 bits per heavy atom. The number of halogens is 11. The van der Waals surface area contributed by atoms with Crippen LogP contribution < -0.4 is 5.32 Å². The Morgan fingerprint density at radius 1 is 1.03 bits per heavy atom. The van der Waals surface area contributed by atoms with Crippen molar-refractivity contribution < 1.29 is 40.3 Å². The topological polar surface area (TPSA) is 46.2 Å². The van der Waals surface area contributed by atoms with Crippen molar-refractivity contribution >= 4 is 68.3 Å². The molecule has 0 saturated carbocycles. The van der Waals surface area contributed by atoms with E-state index in [0.717, 1.165) is 30.3 Å². The number of alkyl halides is 6. The van der Waals surface area contributed by atoms with Crippen LogP contribution in [-0.2, 0) is 4.79 Å². The summed E-state index contributed by atoms with van der Waals surface area (Å²) in [7, 11) is 0. The van der Waals surface area contributed by atoms with Crippen molar-refractivity contribution in [2.24, 2.45) is 5.92 Å². The number of ketones is 1. The number of hydrogen-bond donors (Lipinski definition) is 1. The predicted molar refractivity (Wildman–Crippen MR) is 131 cm³/mol. The highest BCUT2D eigenvalue weighted by Crippen LogP contribution is 2.42. The van der Waals surface area contributed by atoms with Crippen LogP contribution in [0.15, 0.2) is 40.9 Å². The summed E-state index contributed by atoms with van der Waals surface area (Å²) >= 11 is 20.4. The summed E-state index contributed by atoms with van der Waals surface area (Å²) in [5, 5.41) is 1.01. The summed E-state index contributed by atoms with van der Waals surface area (Å²) in [6.07, 6.45) is -9.69. The van der Waals surface area contributed by atoms with Crippen LogP contribution in [-0.4, -0.2) is 30.6 Å². The largest absolute Gasteiger partial charge is 0.405 e. The zero-order valence-corrected chi connectivity index (χ0v) is 22.4. The van der Waals surface area contributed by atoms with Gasteiger partial charge in [0.25, 0.3) is 0 Å². The maximum Gasteiger partial charge on any atom is 0.405 e. The van der Waals surface area contributed by atoms with Gasteiger partial charge in [0.1, 0.15) is 18.3 Å². The number of Topliss-reactive ketones (excluding diaryl/α,β-unsaturated/α-hetero) is 1. The Labute approximate surface area is 230 Å². The van der Waals surface area contributed by atoms with Gasteiger partial charge in [0, 0.05) is 27.9 Å². The Kier molecular flexibility index (Phi) is 10.5. The molecule has 2 aromatic carbocycles. The number of nitrogens with one attached hydrogen (secondary N) is 1. The second-order valence-corrected chi connectivity index (χ2v) is 9.94. The molecule has 0 aliphatic rings. The van der Waals surface area contributed by atoms with E-state index in [4.69, 9.17) is 34.8 Å². The molecule has 202 valence electrons. The summed E-state index contributed by atoms with van der Waals surface area (Å²) in [5.41, 5.74) is -0.804. The molecule has 0 radical (unpaired) electrons. The van der Waals surface area contributed by atoms with Gasteiger partial charge in [-0.3, -0.25) is 9.59 Å². The zero-order valence-electron chi connectivity index (χ0n) is 18.5. The van der Waals surface area contributed by atoms with Gasteiger partial charge in [-0.1, -0.05) is 63.7 Å². The van der Waals surface area contributed by atoms with Crippen molar-refractivity contribution in [3.8, 4) is 0 Å². The van der Waals surface area contributed by atoms with Gasteiger partial charge in [0.15, 0.2) is 5.78 Å². The average molecular weight is 658 g/mol. The van der Waals surface area contributed by atoms with E-state index in [1.54, 1.807) is 5.32 Å². The maximum atomic E-state index is 14.9. The van der Waals surface area contributed by atoms with Crippen LogP contribution in [0.5, 0.6) is 0 Å². The first kappa shape index (κ1) is 31.4. The molecule has 0 aromatic heterocycles. The molecule has 2 rings (SSSR count). The van der Waals surface area contributed by atoms with Gasteiger partial charge in [-0.2, -0.15) is 26.3 Å². The summed E-state index contributed by atoms with van der Waals surface area (Å²) in [6, 6.07) is 5.06. The number of carbonyl (C=O) groups is 2. The minimum Gasteiger partial charge on any atom is -0.347 e. The van der Waals surface area contributed by atoms with E-state index in [0.29, 0.717) is 6.08 Å². The monoisotopic (exact) mass is 655 g/mol.